The van der Waals surface area contributed by atoms with Crippen LogP contribution in [0.2, 0.25) is 0 Å². The highest BCUT2D eigenvalue weighted by atomic mass is 16.6. The van der Waals surface area contributed by atoms with E-state index in [4.69, 9.17) is 14.2 Å². The summed E-state index contributed by atoms with van der Waals surface area (Å²) in [4.78, 5) is 26.5. The molecule has 0 aliphatic heterocycles. The molecule has 1 aromatic carbocycles. The van der Waals surface area contributed by atoms with E-state index in [-0.39, 0.29) is 6.61 Å². The molecule has 7 heteroatoms. The van der Waals surface area contributed by atoms with Gasteiger partial charge in [-0.05, 0) is 12.1 Å². The lowest BCUT2D eigenvalue weighted by Crippen LogP contribution is -2.30. The Labute approximate surface area is 139 Å². The smallest absolute Gasteiger partial charge is 0.303 e. The van der Waals surface area contributed by atoms with E-state index in [1.165, 1.54) is 13.8 Å². The van der Waals surface area contributed by atoms with Gasteiger partial charge in [-0.3, -0.25) is 14.6 Å². The molecule has 0 aliphatic rings. The number of para-hydroxylation sites is 1. The molecule has 7 nitrogen and oxygen atoms in total. The fourth-order valence-corrected chi connectivity index (χ4v) is 2.27. The van der Waals surface area contributed by atoms with Gasteiger partial charge in [-0.25, -0.2) is 0 Å². The second kappa shape index (κ2) is 8.14. The second-order valence-electron chi connectivity index (χ2n) is 5.13. The molecule has 2 aromatic rings. The minimum atomic E-state index is -0.583. The van der Waals surface area contributed by atoms with Gasteiger partial charge in [0.25, 0.3) is 0 Å². The Bertz CT molecular complexity index is 732. The third-order valence-corrected chi connectivity index (χ3v) is 3.28. The number of methoxy groups -OCH3 is 1. The van der Waals surface area contributed by atoms with Crippen LogP contribution in [0.15, 0.2) is 30.5 Å². The molecule has 0 radical (unpaired) electrons. The molecule has 0 fully saturated rings. The summed E-state index contributed by atoms with van der Waals surface area (Å²) in [5, 5.41) is 4.08. The Hall–Kier alpha value is -2.83. The van der Waals surface area contributed by atoms with Gasteiger partial charge >= 0.3 is 11.9 Å². The van der Waals surface area contributed by atoms with Crippen molar-refractivity contribution in [2.75, 3.05) is 25.6 Å². The number of nitrogens with one attached hydrogen (secondary N) is 1. The maximum absolute atomic E-state index is 11.2. The lowest BCUT2D eigenvalue weighted by Gasteiger charge is -2.18. The topological polar surface area (TPSA) is 86.8 Å². The number of rotatable bonds is 7. The third kappa shape index (κ3) is 4.58. The van der Waals surface area contributed by atoms with Gasteiger partial charge in [-0.1, -0.05) is 12.1 Å². The first-order valence-corrected chi connectivity index (χ1v) is 7.47. The van der Waals surface area contributed by atoms with Crippen molar-refractivity contribution in [2.45, 2.75) is 20.0 Å². The second-order valence-corrected chi connectivity index (χ2v) is 5.13. The Kier molecular flexibility index (Phi) is 5.95. The number of anilines is 1. The average molecular weight is 332 g/mol. The summed E-state index contributed by atoms with van der Waals surface area (Å²) in [6, 6.07) is 7.44. The quantitative estimate of drug-likeness (QED) is 0.777. The zero-order chi connectivity index (χ0) is 17.5. The highest BCUT2D eigenvalue weighted by molar-refractivity contribution is 5.94. The van der Waals surface area contributed by atoms with Gasteiger partial charge in [0.1, 0.15) is 17.9 Å². The number of pyridine rings is 1. The number of nitrogens with zero attached hydrogens (tertiary/aromatic N) is 1. The van der Waals surface area contributed by atoms with Crippen LogP contribution in [0.4, 0.5) is 5.69 Å². The molecule has 0 saturated heterocycles. The van der Waals surface area contributed by atoms with E-state index in [1.807, 2.05) is 24.3 Å². The fraction of sp³-hybridized carbons (Fsp3) is 0.353. The van der Waals surface area contributed by atoms with Crippen LogP contribution >= 0.6 is 0 Å². The van der Waals surface area contributed by atoms with Gasteiger partial charge in [0, 0.05) is 31.1 Å². The van der Waals surface area contributed by atoms with Gasteiger partial charge in [0.15, 0.2) is 6.10 Å². The lowest BCUT2D eigenvalue weighted by molar-refractivity contribution is -0.155. The molecule has 0 saturated carbocycles. The van der Waals surface area contributed by atoms with E-state index in [0.717, 1.165) is 16.6 Å². The van der Waals surface area contributed by atoms with E-state index < -0.39 is 18.0 Å². The molecule has 0 amide bonds. The maximum Gasteiger partial charge on any atom is 0.303 e. The van der Waals surface area contributed by atoms with Crippen molar-refractivity contribution >= 4 is 28.5 Å². The molecule has 0 bridgehead atoms. The Morgan fingerprint density at radius 2 is 2.00 bits per heavy atom. The molecular weight excluding hydrogens is 312 g/mol. The highest BCUT2D eigenvalue weighted by Gasteiger charge is 2.15. The summed E-state index contributed by atoms with van der Waals surface area (Å²) >= 11 is 0. The van der Waals surface area contributed by atoms with Crippen LogP contribution in [-0.4, -0.2) is 43.3 Å². The van der Waals surface area contributed by atoms with Crippen LogP contribution in [0.1, 0.15) is 13.8 Å². The summed E-state index contributed by atoms with van der Waals surface area (Å²) in [6.45, 7) is 2.91. The summed E-state index contributed by atoms with van der Waals surface area (Å²) in [5.74, 6) is -0.186. The molecular formula is C17H20N2O5. The monoisotopic (exact) mass is 332 g/mol. The summed E-state index contributed by atoms with van der Waals surface area (Å²) < 4.78 is 15.4. The molecule has 0 spiro atoms. The number of carbonyl (C=O) groups is 2. The number of hydrogen-bond donors (Lipinski definition) is 1. The lowest BCUT2D eigenvalue weighted by atomic mass is 10.1. The fourth-order valence-electron chi connectivity index (χ4n) is 2.27. The first kappa shape index (κ1) is 17.5. The van der Waals surface area contributed by atoms with E-state index in [2.05, 4.69) is 10.3 Å². The van der Waals surface area contributed by atoms with Crippen LogP contribution in [0.25, 0.3) is 10.9 Å². The largest absolute Gasteiger partial charge is 0.494 e. The van der Waals surface area contributed by atoms with Crippen molar-refractivity contribution < 1.29 is 23.8 Å². The summed E-state index contributed by atoms with van der Waals surface area (Å²) in [7, 11) is 1.59. The van der Waals surface area contributed by atoms with Gasteiger partial charge in [-0.2, -0.15) is 0 Å². The van der Waals surface area contributed by atoms with Crippen molar-refractivity contribution in [3.63, 3.8) is 0 Å². The molecule has 1 heterocycles. The Balaban J connectivity index is 2.15. The first-order chi connectivity index (χ1) is 11.5. The van der Waals surface area contributed by atoms with Crippen LogP contribution in [-0.2, 0) is 19.1 Å². The number of esters is 2. The van der Waals surface area contributed by atoms with Crippen LogP contribution < -0.4 is 10.1 Å². The van der Waals surface area contributed by atoms with E-state index in [0.29, 0.717) is 12.3 Å². The average Bonchev–Trinajstić information content (AvgIpc) is 2.56. The summed E-state index contributed by atoms with van der Waals surface area (Å²) in [6.07, 6.45) is 1.08. The van der Waals surface area contributed by atoms with Gasteiger partial charge in [-0.15, -0.1) is 0 Å². The molecule has 128 valence electrons. The Morgan fingerprint density at radius 1 is 1.21 bits per heavy atom. The van der Waals surface area contributed by atoms with E-state index in [9.17, 15) is 9.59 Å². The van der Waals surface area contributed by atoms with Gasteiger partial charge in [0.05, 0.1) is 13.7 Å². The van der Waals surface area contributed by atoms with Crippen LogP contribution in [0, 0.1) is 0 Å². The minimum absolute atomic E-state index is 0.00570. The molecule has 2 rings (SSSR count). The zero-order valence-electron chi connectivity index (χ0n) is 13.9. The first-order valence-electron chi connectivity index (χ1n) is 7.47. The number of hydrogen-bond acceptors (Lipinski definition) is 7. The molecule has 1 atom stereocenters. The Morgan fingerprint density at radius 3 is 2.67 bits per heavy atom. The van der Waals surface area contributed by atoms with E-state index >= 15 is 0 Å². The van der Waals surface area contributed by atoms with Crippen LogP contribution in [0.3, 0.4) is 0 Å². The highest BCUT2D eigenvalue weighted by Crippen LogP contribution is 2.28. The van der Waals surface area contributed by atoms with Crippen LogP contribution in [0.5, 0.6) is 5.75 Å². The van der Waals surface area contributed by atoms with Crippen molar-refractivity contribution in [3.05, 3.63) is 30.5 Å². The molecule has 1 N–H and O–H groups in total. The normalized spacial score (nSPS) is 11.6. The number of fused-ring (bicyclic) bond motifs is 1. The SMILES string of the molecule is COc1cccc2c(NCC(COC(C)=O)OC(C)=O)ccnc12. The van der Waals surface area contributed by atoms with Crippen molar-refractivity contribution in [3.8, 4) is 5.75 Å². The minimum Gasteiger partial charge on any atom is -0.494 e. The molecule has 1 unspecified atom stereocenters. The van der Waals surface area contributed by atoms with E-state index in [1.54, 1.807) is 13.3 Å². The van der Waals surface area contributed by atoms with Crippen molar-refractivity contribution in [1.82, 2.24) is 4.98 Å². The molecule has 0 aliphatic carbocycles. The molecule has 1 aromatic heterocycles. The molecule has 24 heavy (non-hydrogen) atoms. The summed E-state index contributed by atoms with van der Waals surface area (Å²) in [5.41, 5.74) is 1.55. The third-order valence-electron chi connectivity index (χ3n) is 3.28. The van der Waals surface area contributed by atoms with Crippen molar-refractivity contribution in [1.29, 1.82) is 0 Å². The number of aromatic nitrogens is 1. The zero-order valence-corrected chi connectivity index (χ0v) is 13.9. The standard InChI is InChI=1S/C17H20N2O5/c1-11(20)23-10-13(24-12(2)21)9-19-15-7-8-18-17-14(15)5-4-6-16(17)22-3/h4-8,13H,9-10H2,1-3H3,(H,18,19). The number of carbonyl (C=O) groups excluding carboxylic acids is 2. The van der Waals surface area contributed by atoms with Crippen molar-refractivity contribution in [2.24, 2.45) is 0 Å². The van der Waals surface area contributed by atoms with Gasteiger partial charge in [0.2, 0.25) is 0 Å². The number of ether oxygens (including phenoxy) is 3. The number of benzene rings is 1. The maximum atomic E-state index is 11.2. The predicted molar refractivity (Wildman–Crippen MR) is 89.0 cm³/mol. The predicted octanol–water partition coefficient (Wildman–Crippen LogP) is 2.15. The van der Waals surface area contributed by atoms with Gasteiger partial charge < -0.3 is 19.5 Å².